The number of rotatable bonds is 9. The molecule has 0 radical (unpaired) electrons. The molecule has 0 saturated carbocycles. The van der Waals surface area contributed by atoms with Crippen LogP contribution in [0.25, 0.3) is 0 Å². The van der Waals surface area contributed by atoms with Gasteiger partial charge >= 0.3 is 0 Å². The highest BCUT2D eigenvalue weighted by molar-refractivity contribution is 4.82. The van der Waals surface area contributed by atoms with Crippen LogP contribution >= 0.6 is 0 Å². The fourth-order valence-corrected chi connectivity index (χ4v) is 1.96. The zero-order chi connectivity index (χ0) is 10.2. The molecule has 14 heavy (non-hydrogen) atoms. The Hall–Kier alpha value is -0.0800. The van der Waals surface area contributed by atoms with E-state index in [0.717, 1.165) is 6.42 Å². The first-order valence-electron chi connectivity index (χ1n) is 6.14. The predicted octanol–water partition coefficient (Wildman–Crippen LogP) is 2.89. The topological polar surface area (TPSA) is 32.8 Å². The van der Waals surface area contributed by atoms with Gasteiger partial charge in [0.05, 0.1) is 12.2 Å². The van der Waals surface area contributed by atoms with E-state index in [4.69, 9.17) is 9.84 Å². The first-order valence-corrected chi connectivity index (χ1v) is 6.14. The van der Waals surface area contributed by atoms with Crippen LogP contribution < -0.4 is 0 Å². The SMILES string of the molecule is CCC1OC1CCCCCCCCO. The molecule has 84 valence electrons. The van der Waals surface area contributed by atoms with Crippen LogP contribution in [-0.2, 0) is 4.74 Å². The molecule has 0 spiro atoms. The maximum Gasteiger partial charge on any atom is 0.0841 e. The molecule has 1 aliphatic rings. The molecule has 0 amide bonds. The minimum Gasteiger partial charge on any atom is -0.396 e. The van der Waals surface area contributed by atoms with Crippen molar-refractivity contribution >= 4 is 0 Å². The Labute approximate surface area is 87.7 Å². The third-order valence-electron chi connectivity index (χ3n) is 2.99. The molecule has 1 fully saturated rings. The Kier molecular flexibility index (Phi) is 6.20. The van der Waals surface area contributed by atoms with Gasteiger partial charge in [0.15, 0.2) is 0 Å². The number of unbranched alkanes of at least 4 members (excludes halogenated alkanes) is 5. The van der Waals surface area contributed by atoms with Crippen LogP contribution in [0.4, 0.5) is 0 Å². The van der Waals surface area contributed by atoms with Crippen molar-refractivity contribution in [1.82, 2.24) is 0 Å². The van der Waals surface area contributed by atoms with E-state index in [-0.39, 0.29) is 0 Å². The van der Waals surface area contributed by atoms with E-state index in [1.165, 1.54) is 44.9 Å². The van der Waals surface area contributed by atoms with Crippen molar-refractivity contribution in [2.75, 3.05) is 6.61 Å². The molecular formula is C12H24O2. The number of aliphatic hydroxyl groups is 1. The fraction of sp³-hybridized carbons (Fsp3) is 1.00. The van der Waals surface area contributed by atoms with Crippen LogP contribution in [0.3, 0.4) is 0 Å². The molecular weight excluding hydrogens is 176 g/mol. The van der Waals surface area contributed by atoms with Crippen molar-refractivity contribution in [1.29, 1.82) is 0 Å². The second-order valence-electron chi connectivity index (χ2n) is 4.25. The number of aliphatic hydroxyl groups excluding tert-OH is 1. The highest BCUT2D eigenvalue weighted by Crippen LogP contribution is 2.29. The Morgan fingerprint density at radius 2 is 1.57 bits per heavy atom. The number of ether oxygens (including phenoxy) is 1. The lowest BCUT2D eigenvalue weighted by Gasteiger charge is -1.99. The van der Waals surface area contributed by atoms with Gasteiger partial charge in [-0.25, -0.2) is 0 Å². The Morgan fingerprint density at radius 3 is 2.14 bits per heavy atom. The molecule has 1 N–H and O–H groups in total. The molecule has 2 nitrogen and oxygen atoms in total. The van der Waals surface area contributed by atoms with E-state index in [9.17, 15) is 0 Å². The smallest absolute Gasteiger partial charge is 0.0841 e. The van der Waals surface area contributed by atoms with Gasteiger partial charge in [-0.3, -0.25) is 0 Å². The molecule has 2 atom stereocenters. The van der Waals surface area contributed by atoms with Gasteiger partial charge in [-0.05, 0) is 19.3 Å². The van der Waals surface area contributed by atoms with Crippen molar-refractivity contribution in [3.05, 3.63) is 0 Å². The van der Waals surface area contributed by atoms with Gasteiger partial charge in [0.2, 0.25) is 0 Å². The molecule has 1 rings (SSSR count). The van der Waals surface area contributed by atoms with Crippen LogP contribution in [-0.4, -0.2) is 23.9 Å². The van der Waals surface area contributed by atoms with E-state index < -0.39 is 0 Å². The quantitative estimate of drug-likeness (QED) is 0.458. The molecule has 0 aliphatic carbocycles. The predicted molar refractivity (Wildman–Crippen MR) is 58.4 cm³/mol. The Bertz CT molecular complexity index is 136. The van der Waals surface area contributed by atoms with E-state index >= 15 is 0 Å². The van der Waals surface area contributed by atoms with E-state index in [0.29, 0.717) is 18.8 Å². The minimum atomic E-state index is 0.355. The summed E-state index contributed by atoms with van der Waals surface area (Å²) in [5.74, 6) is 0. The first-order chi connectivity index (χ1) is 6.88. The van der Waals surface area contributed by atoms with Gasteiger partial charge in [0, 0.05) is 6.61 Å². The highest BCUT2D eigenvalue weighted by atomic mass is 16.6. The van der Waals surface area contributed by atoms with Crippen molar-refractivity contribution in [2.45, 2.75) is 70.5 Å². The van der Waals surface area contributed by atoms with Crippen molar-refractivity contribution in [2.24, 2.45) is 0 Å². The summed E-state index contributed by atoms with van der Waals surface area (Å²) >= 11 is 0. The molecule has 0 aromatic carbocycles. The third-order valence-corrected chi connectivity index (χ3v) is 2.99. The monoisotopic (exact) mass is 200 g/mol. The van der Waals surface area contributed by atoms with E-state index in [2.05, 4.69) is 6.92 Å². The molecule has 0 aromatic rings. The van der Waals surface area contributed by atoms with Crippen LogP contribution in [0.15, 0.2) is 0 Å². The normalized spacial score (nSPS) is 25.3. The Balaban J connectivity index is 1.73. The molecule has 2 heteroatoms. The van der Waals surface area contributed by atoms with Crippen LogP contribution in [0.2, 0.25) is 0 Å². The molecule has 0 aromatic heterocycles. The second-order valence-corrected chi connectivity index (χ2v) is 4.25. The fourth-order valence-electron chi connectivity index (χ4n) is 1.96. The summed E-state index contributed by atoms with van der Waals surface area (Å²) in [6.07, 6.45) is 11.0. The number of hydrogen-bond acceptors (Lipinski definition) is 2. The first kappa shape index (κ1) is 12.0. The molecule has 0 bridgehead atoms. The van der Waals surface area contributed by atoms with E-state index in [1.807, 2.05) is 0 Å². The van der Waals surface area contributed by atoms with Gasteiger partial charge in [-0.2, -0.15) is 0 Å². The maximum absolute atomic E-state index is 8.59. The molecule has 1 heterocycles. The van der Waals surface area contributed by atoms with Crippen molar-refractivity contribution in [3.63, 3.8) is 0 Å². The zero-order valence-electron chi connectivity index (χ0n) is 9.37. The van der Waals surface area contributed by atoms with E-state index in [1.54, 1.807) is 0 Å². The van der Waals surface area contributed by atoms with Gasteiger partial charge < -0.3 is 9.84 Å². The largest absolute Gasteiger partial charge is 0.396 e. The van der Waals surface area contributed by atoms with Crippen LogP contribution in [0, 0.1) is 0 Å². The minimum absolute atomic E-state index is 0.355. The van der Waals surface area contributed by atoms with Crippen molar-refractivity contribution in [3.8, 4) is 0 Å². The van der Waals surface area contributed by atoms with Gasteiger partial charge in [-0.1, -0.05) is 39.0 Å². The summed E-state index contributed by atoms with van der Waals surface area (Å²) in [5, 5.41) is 8.59. The zero-order valence-corrected chi connectivity index (χ0v) is 9.37. The summed E-state index contributed by atoms with van der Waals surface area (Å²) in [4.78, 5) is 0. The standard InChI is InChI=1S/C12H24O2/c1-2-11-12(14-11)9-7-5-3-4-6-8-10-13/h11-13H,2-10H2,1H3. The molecule has 2 unspecified atom stereocenters. The summed E-state index contributed by atoms with van der Waals surface area (Å²) in [7, 11) is 0. The summed E-state index contributed by atoms with van der Waals surface area (Å²) in [6.45, 7) is 2.55. The summed E-state index contributed by atoms with van der Waals surface area (Å²) in [5.41, 5.74) is 0. The van der Waals surface area contributed by atoms with Gasteiger partial charge in [0.1, 0.15) is 0 Å². The summed E-state index contributed by atoms with van der Waals surface area (Å²) in [6, 6.07) is 0. The maximum atomic E-state index is 8.59. The number of hydrogen-bond donors (Lipinski definition) is 1. The van der Waals surface area contributed by atoms with Gasteiger partial charge in [-0.15, -0.1) is 0 Å². The van der Waals surface area contributed by atoms with Crippen LogP contribution in [0.1, 0.15) is 58.3 Å². The third kappa shape index (κ3) is 4.97. The number of epoxide rings is 1. The highest BCUT2D eigenvalue weighted by Gasteiger charge is 2.35. The van der Waals surface area contributed by atoms with Crippen LogP contribution in [0.5, 0.6) is 0 Å². The molecule has 1 aliphatic heterocycles. The lowest BCUT2D eigenvalue weighted by molar-refractivity contribution is 0.282. The summed E-state index contributed by atoms with van der Waals surface area (Å²) < 4.78 is 5.48. The average Bonchev–Trinajstić information content (AvgIpc) is 2.95. The Morgan fingerprint density at radius 1 is 0.929 bits per heavy atom. The second kappa shape index (κ2) is 7.24. The lowest BCUT2D eigenvalue weighted by Crippen LogP contribution is -1.92. The lowest BCUT2D eigenvalue weighted by atomic mass is 10.1. The van der Waals surface area contributed by atoms with Crippen molar-refractivity contribution < 1.29 is 9.84 Å². The average molecular weight is 200 g/mol. The molecule has 1 saturated heterocycles. The van der Waals surface area contributed by atoms with Gasteiger partial charge in [0.25, 0.3) is 0 Å².